The van der Waals surface area contributed by atoms with Crippen LogP contribution in [-0.4, -0.2) is 62.4 Å². The summed E-state index contributed by atoms with van der Waals surface area (Å²) in [5, 5.41) is 8.58. The molecule has 1 aliphatic heterocycles. The molecular formula is C20H24N2O6. The van der Waals surface area contributed by atoms with Gasteiger partial charge < -0.3 is 23.8 Å². The van der Waals surface area contributed by atoms with Crippen molar-refractivity contribution in [1.82, 2.24) is 4.90 Å². The zero-order chi connectivity index (χ0) is 20.5. The lowest BCUT2D eigenvalue weighted by Crippen LogP contribution is -2.49. The molecule has 1 saturated heterocycles. The van der Waals surface area contributed by atoms with Crippen molar-refractivity contribution in [1.29, 1.82) is 5.26 Å². The number of ether oxygens (including phenoxy) is 4. The van der Waals surface area contributed by atoms with E-state index in [1.165, 1.54) is 13.2 Å². The molecule has 150 valence electrons. The Morgan fingerprint density at radius 3 is 2.64 bits per heavy atom. The Hall–Kier alpha value is -3.05. The predicted molar refractivity (Wildman–Crippen MR) is 101 cm³/mol. The number of carbonyl (C=O) groups excluding carboxylic acids is 2. The van der Waals surface area contributed by atoms with Crippen LogP contribution in [0.2, 0.25) is 0 Å². The van der Waals surface area contributed by atoms with Crippen molar-refractivity contribution in [2.75, 3.05) is 33.4 Å². The lowest BCUT2D eigenvalue weighted by atomic mass is 10.2. The number of rotatable bonds is 7. The molecule has 0 saturated carbocycles. The minimum Gasteiger partial charge on any atom is -0.493 e. The first-order chi connectivity index (χ1) is 13.4. The van der Waals surface area contributed by atoms with E-state index in [1.807, 2.05) is 19.9 Å². The van der Waals surface area contributed by atoms with Gasteiger partial charge in [-0.1, -0.05) is 6.07 Å². The molecule has 1 heterocycles. The van der Waals surface area contributed by atoms with Gasteiger partial charge in [-0.25, -0.2) is 4.79 Å². The van der Waals surface area contributed by atoms with Crippen molar-refractivity contribution in [2.24, 2.45) is 0 Å². The van der Waals surface area contributed by atoms with Crippen LogP contribution in [0.15, 0.2) is 24.3 Å². The molecular weight excluding hydrogens is 364 g/mol. The standard InChI is InChI=1S/C20H24N2O6/c1-14-11-22(12-15(2)28-14)19(23)13-27-20(24)7-5-16-4-6-17(26-9-8-21)18(10-16)25-3/h4-7,10,14-15H,9,11-13H2,1-3H3/b7-5+/t14-,15-/m1/s1. The van der Waals surface area contributed by atoms with Crippen LogP contribution in [0.1, 0.15) is 19.4 Å². The van der Waals surface area contributed by atoms with Gasteiger partial charge in [0.15, 0.2) is 24.7 Å². The van der Waals surface area contributed by atoms with Gasteiger partial charge in [-0.15, -0.1) is 0 Å². The van der Waals surface area contributed by atoms with E-state index in [0.717, 1.165) is 0 Å². The normalized spacial score (nSPS) is 19.1. The van der Waals surface area contributed by atoms with Crippen molar-refractivity contribution < 1.29 is 28.5 Å². The first-order valence-corrected chi connectivity index (χ1v) is 8.88. The number of morpholine rings is 1. The Morgan fingerprint density at radius 2 is 2.00 bits per heavy atom. The number of benzene rings is 1. The summed E-state index contributed by atoms with van der Waals surface area (Å²) in [5.74, 6) is 0.00994. The summed E-state index contributed by atoms with van der Waals surface area (Å²) in [5.41, 5.74) is 0.681. The van der Waals surface area contributed by atoms with E-state index in [9.17, 15) is 9.59 Å². The molecule has 0 N–H and O–H groups in total. The smallest absolute Gasteiger partial charge is 0.331 e. The number of nitrogens with zero attached hydrogens (tertiary/aromatic N) is 2. The van der Waals surface area contributed by atoms with E-state index in [2.05, 4.69) is 0 Å². The topological polar surface area (TPSA) is 98.1 Å². The van der Waals surface area contributed by atoms with Gasteiger partial charge in [-0.05, 0) is 37.6 Å². The molecule has 1 aromatic carbocycles. The van der Waals surface area contributed by atoms with E-state index >= 15 is 0 Å². The number of esters is 1. The number of hydrogen-bond donors (Lipinski definition) is 0. The van der Waals surface area contributed by atoms with E-state index in [-0.39, 0.29) is 31.3 Å². The summed E-state index contributed by atoms with van der Waals surface area (Å²) in [6, 6.07) is 6.90. The molecule has 0 bridgehead atoms. The largest absolute Gasteiger partial charge is 0.493 e. The van der Waals surface area contributed by atoms with Crippen molar-refractivity contribution in [3.63, 3.8) is 0 Å². The second kappa shape index (κ2) is 10.3. The van der Waals surface area contributed by atoms with Crippen LogP contribution in [0.5, 0.6) is 11.5 Å². The zero-order valence-corrected chi connectivity index (χ0v) is 16.2. The highest BCUT2D eigenvalue weighted by Gasteiger charge is 2.26. The minimum atomic E-state index is -0.619. The second-order valence-electron chi connectivity index (χ2n) is 6.35. The molecule has 1 amide bonds. The highest BCUT2D eigenvalue weighted by molar-refractivity contribution is 5.89. The quantitative estimate of drug-likeness (QED) is 0.519. The third kappa shape index (κ3) is 6.28. The van der Waals surface area contributed by atoms with Crippen molar-refractivity contribution >= 4 is 18.0 Å². The maximum atomic E-state index is 12.2. The Bertz CT molecular complexity index is 760. The van der Waals surface area contributed by atoms with Gasteiger partial charge in [-0.2, -0.15) is 5.26 Å². The Morgan fingerprint density at radius 1 is 1.29 bits per heavy atom. The summed E-state index contributed by atoms with van der Waals surface area (Å²) < 4.78 is 21.1. The van der Waals surface area contributed by atoms with Crippen molar-refractivity contribution in [3.05, 3.63) is 29.8 Å². The van der Waals surface area contributed by atoms with Crippen molar-refractivity contribution in [2.45, 2.75) is 26.1 Å². The molecule has 8 heteroatoms. The van der Waals surface area contributed by atoms with Crippen LogP contribution >= 0.6 is 0 Å². The summed E-state index contributed by atoms with van der Waals surface area (Å²) in [6.07, 6.45) is 2.70. The van der Waals surface area contributed by atoms with Gasteiger partial charge >= 0.3 is 5.97 Å². The molecule has 0 unspecified atom stereocenters. The molecule has 8 nitrogen and oxygen atoms in total. The number of methoxy groups -OCH3 is 1. The molecule has 2 atom stereocenters. The summed E-state index contributed by atoms with van der Waals surface area (Å²) >= 11 is 0. The minimum absolute atomic E-state index is 0.0432. The van der Waals surface area contributed by atoms with Crippen LogP contribution < -0.4 is 9.47 Å². The van der Waals surface area contributed by atoms with Gasteiger partial charge in [0.25, 0.3) is 5.91 Å². The van der Waals surface area contributed by atoms with Gasteiger partial charge in [0, 0.05) is 19.2 Å². The van der Waals surface area contributed by atoms with E-state index in [1.54, 1.807) is 29.2 Å². The van der Waals surface area contributed by atoms with E-state index < -0.39 is 5.97 Å². The monoisotopic (exact) mass is 388 g/mol. The van der Waals surface area contributed by atoms with Crippen LogP contribution in [0.25, 0.3) is 6.08 Å². The lowest BCUT2D eigenvalue weighted by Gasteiger charge is -2.35. The average molecular weight is 388 g/mol. The van der Waals surface area contributed by atoms with Crippen molar-refractivity contribution in [3.8, 4) is 17.6 Å². The molecule has 0 aromatic heterocycles. The fraction of sp³-hybridized carbons (Fsp3) is 0.450. The number of hydrogen-bond acceptors (Lipinski definition) is 7. The molecule has 1 aliphatic rings. The first-order valence-electron chi connectivity index (χ1n) is 8.88. The maximum absolute atomic E-state index is 12.2. The highest BCUT2D eigenvalue weighted by Crippen LogP contribution is 2.28. The Kier molecular flexibility index (Phi) is 7.84. The molecule has 1 aromatic rings. The lowest BCUT2D eigenvalue weighted by molar-refractivity contribution is -0.154. The number of amides is 1. The molecule has 28 heavy (non-hydrogen) atoms. The molecule has 0 aliphatic carbocycles. The van der Waals surface area contributed by atoms with Gasteiger partial charge in [0.05, 0.1) is 19.3 Å². The summed E-state index contributed by atoms with van der Waals surface area (Å²) in [6.45, 7) is 4.36. The van der Waals surface area contributed by atoms with Crippen LogP contribution in [0, 0.1) is 11.3 Å². The Labute approximate surface area is 164 Å². The fourth-order valence-electron chi connectivity index (χ4n) is 2.84. The van der Waals surface area contributed by atoms with Crippen LogP contribution in [-0.2, 0) is 19.1 Å². The summed E-state index contributed by atoms with van der Waals surface area (Å²) in [7, 11) is 1.48. The Balaban J connectivity index is 1.87. The first kappa shape index (κ1) is 21.3. The second-order valence-corrected chi connectivity index (χ2v) is 6.35. The molecule has 0 radical (unpaired) electrons. The molecule has 2 rings (SSSR count). The van der Waals surface area contributed by atoms with Gasteiger partial charge in [0.2, 0.25) is 0 Å². The van der Waals surface area contributed by atoms with Crippen LogP contribution in [0.3, 0.4) is 0 Å². The SMILES string of the molecule is COc1cc(/C=C/C(=O)OCC(=O)N2C[C@@H](C)O[C@H](C)C2)ccc1OCC#N. The number of nitriles is 1. The zero-order valence-electron chi connectivity index (χ0n) is 16.2. The third-order valence-electron chi connectivity index (χ3n) is 4.00. The fourth-order valence-corrected chi connectivity index (χ4v) is 2.84. The average Bonchev–Trinajstić information content (AvgIpc) is 2.68. The van der Waals surface area contributed by atoms with Crippen LogP contribution in [0.4, 0.5) is 0 Å². The molecule has 0 spiro atoms. The molecule has 1 fully saturated rings. The van der Waals surface area contributed by atoms with Gasteiger partial charge in [0.1, 0.15) is 6.07 Å². The summed E-state index contributed by atoms with van der Waals surface area (Å²) in [4.78, 5) is 25.7. The maximum Gasteiger partial charge on any atom is 0.331 e. The number of carbonyl (C=O) groups is 2. The van der Waals surface area contributed by atoms with E-state index in [0.29, 0.717) is 30.2 Å². The predicted octanol–water partition coefficient (Wildman–Crippen LogP) is 1.79. The highest BCUT2D eigenvalue weighted by atomic mass is 16.5. The third-order valence-corrected chi connectivity index (χ3v) is 4.00. The van der Waals surface area contributed by atoms with Gasteiger partial charge in [-0.3, -0.25) is 4.79 Å². The van der Waals surface area contributed by atoms with E-state index in [4.69, 9.17) is 24.2 Å².